The molecular formula is C20H21N3O4. The van der Waals surface area contributed by atoms with Gasteiger partial charge in [0.2, 0.25) is 0 Å². The number of hydrogen-bond acceptors (Lipinski definition) is 5. The molecule has 1 amide bonds. The number of hydrogen-bond donors (Lipinski definition) is 1. The van der Waals surface area contributed by atoms with E-state index in [2.05, 4.69) is 22.3 Å². The van der Waals surface area contributed by atoms with Crippen molar-refractivity contribution in [3.05, 3.63) is 51.9 Å². The minimum absolute atomic E-state index is 0.156. The van der Waals surface area contributed by atoms with Gasteiger partial charge in [0.25, 0.3) is 11.5 Å². The smallest absolute Gasteiger partial charge is 0.272 e. The number of carbonyl (C=O) groups is 1. The lowest BCUT2D eigenvalue weighted by Gasteiger charge is -2.17. The minimum Gasteiger partial charge on any atom is -0.483 e. The molecule has 0 bridgehead atoms. The van der Waals surface area contributed by atoms with E-state index in [4.69, 9.17) is 9.47 Å². The van der Waals surface area contributed by atoms with E-state index in [1.807, 2.05) is 32.0 Å². The first-order valence-corrected chi connectivity index (χ1v) is 8.58. The summed E-state index contributed by atoms with van der Waals surface area (Å²) in [6.45, 7) is 4.43. The highest BCUT2D eigenvalue weighted by molar-refractivity contribution is 5.92. The van der Waals surface area contributed by atoms with Crippen molar-refractivity contribution in [1.29, 1.82) is 0 Å². The SMILES string of the molecule is Cn1nc(C(=O)NCC#CCOc2cccc3c2OC(C)(C)C3)ccc1=O. The normalized spacial score (nSPS) is 13.7. The summed E-state index contributed by atoms with van der Waals surface area (Å²) in [6.07, 6.45) is 0.844. The molecular weight excluding hydrogens is 346 g/mol. The molecule has 1 aromatic carbocycles. The Hall–Kier alpha value is -3.27. The summed E-state index contributed by atoms with van der Waals surface area (Å²) >= 11 is 0. The van der Waals surface area contributed by atoms with Gasteiger partial charge in [-0.05, 0) is 26.0 Å². The fraction of sp³-hybridized carbons (Fsp3) is 0.350. The Morgan fingerprint density at radius 3 is 2.93 bits per heavy atom. The Morgan fingerprint density at radius 1 is 1.33 bits per heavy atom. The van der Waals surface area contributed by atoms with E-state index in [-0.39, 0.29) is 30.0 Å². The lowest BCUT2D eigenvalue weighted by atomic mass is 10.0. The number of carbonyl (C=O) groups excluding carboxylic acids is 1. The predicted molar refractivity (Wildman–Crippen MR) is 99.9 cm³/mol. The molecule has 0 saturated heterocycles. The second-order valence-electron chi connectivity index (χ2n) is 6.79. The highest BCUT2D eigenvalue weighted by atomic mass is 16.5. The van der Waals surface area contributed by atoms with Crippen molar-refractivity contribution in [2.45, 2.75) is 25.9 Å². The van der Waals surface area contributed by atoms with Crippen LogP contribution in [0.1, 0.15) is 29.9 Å². The molecule has 0 unspecified atom stereocenters. The van der Waals surface area contributed by atoms with E-state index in [0.717, 1.165) is 22.4 Å². The number of nitrogens with zero attached hydrogens (tertiary/aromatic N) is 2. The van der Waals surface area contributed by atoms with Gasteiger partial charge in [-0.25, -0.2) is 4.68 Å². The van der Waals surface area contributed by atoms with Crippen molar-refractivity contribution in [1.82, 2.24) is 15.1 Å². The van der Waals surface area contributed by atoms with E-state index in [1.165, 1.54) is 19.2 Å². The molecule has 7 nitrogen and oxygen atoms in total. The molecule has 140 valence electrons. The molecule has 0 radical (unpaired) electrons. The third-order valence-electron chi connectivity index (χ3n) is 4.01. The number of rotatable bonds is 4. The maximum Gasteiger partial charge on any atom is 0.272 e. The number of aryl methyl sites for hydroxylation is 1. The molecule has 3 rings (SSSR count). The zero-order valence-corrected chi connectivity index (χ0v) is 15.5. The van der Waals surface area contributed by atoms with Crippen LogP contribution in [0.3, 0.4) is 0 Å². The Morgan fingerprint density at radius 2 is 2.15 bits per heavy atom. The molecule has 0 spiro atoms. The third-order valence-corrected chi connectivity index (χ3v) is 4.01. The molecule has 1 N–H and O–H groups in total. The Balaban J connectivity index is 1.50. The van der Waals surface area contributed by atoms with E-state index < -0.39 is 5.91 Å². The molecule has 27 heavy (non-hydrogen) atoms. The number of nitrogens with one attached hydrogen (secondary N) is 1. The average Bonchev–Trinajstić information content (AvgIpc) is 2.94. The maximum absolute atomic E-state index is 11.9. The summed E-state index contributed by atoms with van der Waals surface area (Å²) < 4.78 is 12.7. The van der Waals surface area contributed by atoms with Gasteiger partial charge in [-0.2, -0.15) is 5.10 Å². The first-order chi connectivity index (χ1) is 12.9. The van der Waals surface area contributed by atoms with E-state index in [9.17, 15) is 9.59 Å². The Bertz CT molecular complexity index is 983. The maximum atomic E-state index is 11.9. The molecule has 0 fully saturated rings. The lowest BCUT2D eigenvalue weighted by molar-refractivity contribution is 0.0951. The quantitative estimate of drug-likeness (QED) is 0.824. The molecule has 0 atom stereocenters. The van der Waals surface area contributed by atoms with Gasteiger partial charge in [-0.3, -0.25) is 9.59 Å². The second kappa shape index (κ2) is 7.54. The molecule has 1 aromatic heterocycles. The van der Waals surface area contributed by atoms with Crippen LogP contribution in [0.25, 0.3) is 0 Å². The highest BCUT2D eigenvalue weighted by Gasteiger charge is 2.32. The van der Waals surface area contributed by atoms with Gasteiger partial charge in [-0.15, -0.1) is 0 Å². The third kappa shape index (κ3) is 4.47. The highest BCUT2D eigenvalue weighted by Crippen LogP contribution is 2.41. The van der Waals surface area contributed by atoms with Crippen molar-refractivity contribution in [3.63, 3.8) is 0 Å². The molecule has 0 saturated carbocycles. The number of aromatic nitrogens is 2. The van der Waals surface area contributed by atoms with Crippen LogP contribution < -0.4 is 20.3 Å². The molecule has 2 aromatic rings. The van der Waals surface area contributed by atoms with Gasteiger partial charge in [0, 0.05) is 25.1 Å². The fourth-order valence-electron chi connectivity index (χ4n) is 2.77. The van der Waals surface area contributed by atoms with Crippen molar-refractivity contribution in [3.8, 4) is 23.3 Å². The van der Waals surface area contributed by atoms with Gasteiger partial charge >= 0.3 is 0 Å². The Labute approximate surface area is 157 Å². The van der Waals surface area contributed by atoms with Crippen LogP contribution in [-0.2, 0) is 13.5 Å². The number of fused-ring (bicyclic) bond motifs is 1. The summed E-state index contributed by atoms with van der Waals surface area (Å²) in [5, 5.41) is 6.50. The minimum atomic E-state index is -0.391. The van der Waals surface area contributed by atoms with Gasteiger partial charge in [0.05, 0.1) is 6.54 Å². The fourth-order valence-corrected chi connectivity index (χ4v) is 2.77. The van der Waals surface area contributed by atoms with Crippen LogP contribution in [0.5, 0.6) is 11.5 Å². The summed E-state index contributed by atoms with van der Waals surface area (Å²) in [4.78, 5) is 23.2. The lowest BCUT2D eigenvalue weighted by Crippen LogP contribution is -2.28. The second-order valence-corrected chi connectivity index (χ2v) is 6.79. The first-order valence-electron chi connectivity index (χ1n) is 8.58. The zero-order chi connectivity index (χ0) is 19.4. The standard InChI is InChI=1S/C20H21N3O4/c1-20(2)13-14-7-6-8-16(18(14)27-20)26-12-5-4-11-21-19(25)15-9-10-17(24)23(3)22-15/h6-10H,11-13H2,1-3H3,(H,21,25). The van der Waals surface area contributed by atoms with E-state index >= 15 is 0 Å². The van der Waals surface area contributed by atoms with Gasteiger partial charge < -0.3 is 14.8 Å². The van der Waals surface area contributed by atoms with E-state index in [1.54, 1.807) is 0 Å². The molecule has 2 heterocycles. The monoisotopic (exact) mass is 367 g/mol. The van der Waals surface area contributed by atoms with Crippen LogP contribution in [0.15, 0.2) is 35.1 Å². The topological polar surface area (TPSA) is 82.5 Å². The van der Waals surface area contributed by atoms with Crippen LogP contribution in [0, 0.1) is 11.8 Å². The Kier molecular flexibility index (Phi) is 5.17. The van der Waals surface area contributed by atoms with Gasteiger partial charge in [-0.1, -0.05) is 24.0 Å². The van der Waals surface area contributed by atoms with Crippen molar-refractivity contribution < 1.29 is 14.3 Å². The molecule has 0 aliphatic carbocycles. The largest absolute Gasteiger partial charge is 0.483 e. The predicted octanol–water partition coefficient (Wildman–Crippen LogP) is 1.31. The van der Waals surface area contributed by atoms with Crippen LogP contribution in [-0.4, -0.2) is 34.4 Å². The van der Waals surface area contributed by atoms with Crippen LogP contribution in [0.2, 0.25) is 0 Å². The summed E-state index contributed by atoms with van der Waals surface area (Å²) in [5.41, 5.74) is 0.785. The molecule has 1 aliphatic rings. The summed E-state index contributed by atoms with van der Waals surface area (Å²) in [5.74, 6) is 6.73. The van der Waals surface area contributed by atoms with Crippen LogP contribution >= 0.6 is 0 Å². The van der Waals surface area contributed by atoms with Crippen molar-refractivity contribution in [2.24, 2.45) is 7.05 Å². The summed E-state index contributed by atoms with van der Waals surface area (Å²) in [7, 11) is 1.49. The number of amides is 1. The van der Waals surface area contributed by atoms with Crippen molar-refractivity contribution >= 4 is 5.91 Å². The number of ether oxygens (including phenoxy) is 2. The van der Waals surface area contributed by atoms with Crippen LogP contribution in [0.4, 0.5) is 0 Å². The van der Waals surface area contributed by atoms with Crippen molar-refractivity contribution in [2.75, 3.05) is 13.2 Å². The molecule has 1 aliphatic heterocycles. The summed E-state index contributed by atoms with van der Waals surface area (Å²) in [6, 6.07) is 8.50. The van der Waals surface area contributed by atoms with Gasteiger partial charge in [0.1, 0.15) is 17.9 Å². The number of para-hydroxylation sites is 1. The average molecular weight is 367 g/mol. The first kappa shape index (κ1) is 18.5. The number of benzene rings is 1. The molecule has 7 heteroatoms. The zero-order valence-electron chi connectivity index (χ0n) is 15.5. The van der Waals surface area contributed by atoms with E-state index in [0.29, 0.717) is 5.75 Å². The van der Waals surface area contributed by atoms with Gasteiger partial charge in [0.15, 0.2) is 11.5 Å².